The van der Waals surface area contributed by atoms with Gasteiger partial charge in [0.1, 0.15) is 11.6 Å². The number of hydrogen-bond donors (Lipinski definition) is 1. The first-order chi connectivity index (χ1) is 15.4. The van der Waals surface area contributed by atoms with Crippen LogP contribution in [0.25, 0.3) is 0 Å². The number of halogens is 3. The summed E-state index contributed by atoms with van der Waals surface area (Å²) in [7, 11) is 0. The van der Waals surface area contributed by atoms with E-state index in [4.69, 9.17) is 0 Å². The van der Waals surface area contributed by atoms with Crippen LogP contribution in [0.15, 0.2) is 16.6 Å². The number of carbonyl (C=O) groups is 2. The molecule has 8 heteroatoms. The minimum atomic E-state index is -0.585. The number of carbonyl (C=O) groups excluding carboxylic acids is 2. The highest BCUT2D eigenvalue weighted by molar-refractivity contribution is 9.10. The SMILES string of the molecule is O=C(NC1CN(C(=O)Cc2c(F)ccc(F)c2Br)C2(CCCC2)C1)C1CN2CCC1CC2. The Morgan fingerprint density at radius 3 is 2.44 bits per heavy atom. The zero-order valence-corrected chi connectivity index (χ0v) is 19.8. The Bertz CT molecular complexity index is 913. The smallest absolute Gasteiger partial charge is 0.227 e. The molecule has 6 rings (SSSR count). The molecule has 1 aromatic carbocycles. The van der Waals surface area contributed by atoms with Crippen LogP contribution in [0.5, 0.6) is 0 Å². The highest BCUT2D eigenvalue weighted by Crippen LogP contribution is 2.44. The topological polar surface area (TPSA) is 52.7 Å². The van der Waals surface area contributed by atoms with Gasteiger partial charge >= 0.3 is 0 Å². The van der Waals surface area contributed by atoms with Gasteiger partial charge in [-0.1, -0.05) is 12.8 Å². The molecular formula is C24H30BrF2N3O2. The van der Waals surface area contributed by atoms with Gasteiger partial charge in [0.05, 0.1) is 16.8 Å². The third kappa shape index (κ3) is 3.98. The van der Waals surface area contributed by atoms with E-state index >= 15 is 0 Å². The van der Waals surface area contributed by atoms with Crippen molar-refractivity contribution >= 4 is 27.7 Å². The molecule has 4 heterocycles. The lowest BCUT2D eigenvalue weighted by atomic mass is 9.78. The normalized spacial score (nSPS) is 30.8. The van der Waals surface area contributed by atoms with Crippen LogP contribution in [0.1, 0.15) is 50.5 Å². The van der Waals surface area contributed by atoms with Crippen LogP contribution in [0.4, 0.5) is 8.78 Å². The molecule has 5 fully saturated rings. The minimum Gasteiger partial charge on any atom is -0.351 e. The lowest BCUT2D eigenvalue weighted by molar-refractivity contribution is -0.135. The first-order valence-electron chi connectivity index (χ1n) is 11.8. The molecule has 1 saturated carbocycles. The van der Waals surface area contributed by atoms with E-state index in [0.29, 0.717) is 12.5 Å². The van der Waals surface area contributed by atoms with Crippen molar-refractivity contribution in [2.75, 3.05) is 26.2 Å². The number of likely N-dealkylation sites (tertiary alicyclic amines) is 1. The molecule has 0 radical (unpaired) electrons. The summed E-state index contributed by atoms with van der Waals surface area (Å²) in [6, 6.07) is 2.04. The van der Waals surface area contributed by atoms with Crippen molar-refractivity contribution in [1.82, 2.24) is 15.1 Å². The Labute approximate surface area is 196 Å². The van der Waals surface area contributed by atoms with Gasteiger partial charge in [-0.2, -0.15) is 0 Å². The van der Waals surface area contributed by atoms with Crippen molar-refractivity contribution in [2.24, 2.45) is 11.8 Å². The van der Waals surface area contributed by atoms with E-state index in [-0.39, 0.29) is 45.8 Å². The molecule has 2 atom stereocenters. The molecule has 1 spiro atoms. The third-order valence-electron chi connectivity index (χ3n) is 8.24. The van der Waals surface area contributed by atoms with E-state index in [9.17, 15) is 18.4 Å². The fourth-order valence-electron chi connectivity index (χ4n) is 6.57. The molecule has 5 nitrogen and oxygen atoms in total. The van der Waals surface area contributed by atoms with Gasteiger partial charge in [0.25, 0.3) is 0 Å². The zero-order valence-electron chi connectivity index (χ0n) is 18.2. The van der Waals surface area contributed by atoms with Crippen LogP contribution in [0, 0.1) is 23.5 Å². The van der Waals surface area contributed by atoms with Gasteiger partial charge in [-0.05, 0) is 79.2 Å². The summed E-state index contributed by atoms with van der Waals surface area (Å²) >= 11 is 3.10. The number of fused-ring (bicyclic) bond motifs is 3. The molecule has 0 aromatic heterocycles. The average Bonchev–Trinajstić information content (AvgIpc) is 3.41. The number of nitrogens with one attached hydrogen (secondary N) is 1. The molecule has 2 unspecified atom stereocenters. The lowest BCUT2D eigenvalue weighted by Crippen LogP contribution is -2.54. The maximum atomic E-state index is 14.3. The molecule has 5 aliphatic rings. The lowest BCUT2D eigenvalue weighted by Gasteiger charge is -2.44. The van der Waals surface area contributed by atoms with Crippen molar-refractivity contribution in [2.45, 2.75) is 62.9 Å². The predicted octanol–water partition coefficient (Wildman–Crippen LogP) is 3.64. The summed E-state index contributed by atoms with van der Waals surface area (Å²) in [6.07, 6.45) is 6.63. The van der Waals surface area contributed by atoms with Crippen LogP contribution < -0.4 is 5.32 Å². The fraction of sp³-hybridized carbons (Fsp3) is 0.667. The standard InChI is InChI=1S/C24H30BrF2N3O2/c25-22-17(19(26)3-4-20(22)27)11-21(31)30-13-16(12-24(30)7-1-2-8-24)28-23(32)18-14-29-9-5-15(18)6-10-29/h3-4,15-16,18H,1-2,5-14H2,(H,28,32). The highest BCUT2D eigenvalue weighted by atomic mass is 79.9. The molecule has 174 valence electrons. The van der Waals surface area contributed by atoms with Crippen LogP contribution in [0.2, 0.25) is 0 Å². The second-order valence-electron chi connectivity index (χ2n) is 10.1. The summed E-state index contributed by atoms with van der Waals surface area (Å²) in [5.74, 6) is -0.734. The monoisotopic (exact) mass is 509 g/mol. The Kier molecular flexibility index (Phi) is 6.03. The van der Waals surface area contributed by atoms with Gasteiger partial charge in [-0.15, -0.1) is 0 Å². The summed E-state index contributed by atoms with van der Waals surface area (Å²) in [5.41, 5.74) is -0.219. The molecule has 1 aromatic rings. The summed E-state index contributed by atoms with van der Waals surface area (Å²) < 4.78 is 28.3. The van der Waals surface area contributed by atoms with Gasteiger partial charge in [0.2, 0.25) is 11.8 Å². The van der Waals surface area contributed by atoms with Crippen LogP contribution in [-0.2, 0) is 16.0 Å². The summed E-state index contributed by atoms with van der Waals surface area (Å²) in [5, 5.41) is 3.26. The van der Waals surface area contributed by atoms with E-state index in [2.05, 4.69) is 26.1 Å². The number of nitrogens with zero attached hydrogens (tertiary/aromatic N) is 2. The number of piperidine rings is 3. The summed E-state index contributed by atoms with van der Waals surface area (Å²) in [4.78, 5) is 30.7. The third-order valence-corrected chi connectivity index (χ3v) is 9.10. The largest absolute Gasteiger partial charge is 0.351 e. The van der Waals surface area contributed by atoms with E-state index in [0.717, 1.165) is 76.7 Å². The maximum absolute atomic E-state index is 14.3. The van der Waals surface area contributed by atoms with Crippen LogP contribution >= 0.6 is 15.9 Å². The van der Waals surface area contributed by atoms with E-state index in [1.807, 2.05) is 4.90 Å². The molecule has 1 N–H and O–H groups in total. The summed E-state index contributed by atoms with van der Waals surface area (Å²) in [6.45, 7) is 3.47. The van der Waals surface area contributed by atoms with E-state index in [1.54, 1.807) is 0 Å². The van der Waals surface area contributed by atoms with Gasteiger partial charge in [-0.25, -0.2) is 8.78 Å². The molecule has 4 aliphatic heterocycles. The Morgan fingerprint density at radius 1 is 1.09 bits per heavy atom. The molecular weight excluding hydrogens is 480 g/mol. The quantitative estimate of drug-likeness (QED) is 0.630. The first-order valence-corrected chi connectivity index (χ1v) is 12.6. The van der Waals surface area contributed by atoms with Gasteiger partial charge in [0.15, 0.2) is 0 Å². The molecule has 4 saturated heterocycles. The molecule has 2 amide bonds. The number of benzene rings is 1. The number of rotatable bonds is 4. The predicted molar refractivity (Wildman–Crippen MR) is 120 cm³/mol. The number of amides is 2. The first kappa shape index (κ1) is 22.3. The minimum absolute atomic E-state index is 0.0118. The zero-order chi connectivity index (χ0) is 22.5. The van der Waals surface area contributed by atoms with E-state index < -0.39 is 11.6 Å². The molecule has 2 bridgehead atoms. The molecule has 1 aliphatic carbocycles. The van der Waals surface area contributed by atoms with Gasteiger partial charge in [-0.3, -0.25) is 9.59 Å². The molecule has 32 heavy (non-hydrogen) atoms. The van der Waals surface area contributed by atoms with Gasteiger partial charge in [0, 0.05) is 30.2 Å². The van der Waals surface area contributed by atoms with E-state index in [1.165, 1.54) is 0 Å². The highest BCUT2D eigenvalue weighted by Gasteiger charge is 2.50. The fourth-order valence-corrected chi connectivity index (χ4v) is 7.03. The van der Waals surface area contributed by atoms with Crippen molar-refractivity contribution in [1.29, 1.82) is 0 Å². The number of hydrogen-bond acceptors (Lipinski definition) is 3. The maximum Gasteiger partial charge on any atom is 0.227 e. The van der Waals surface area contributed by atoms with Crippen molar-refractivity contribution < 1.29 is 18.4 Å². The second kappa shape index (κ2) is 8.67. The van der Waals surface area contributed by atoms with Crippen molar-refractivity contribution in [3.05, 3.63) is 33.8 Å². The average molecular weight is 510 g/mol. The van der Waals surface area contributed by atoms with Crippen molar-refractivity contribution in [3.8, 4) is 0 Å². The Hall–Kier alpha value is -1.54. The van der Waals surface area contributed by atoms with Gasteiger partial charge < -0.3 is 15.1 Å². The van der Waals surface area contributed by atoms with Crippen LogP contribution in [-0.4, -0.2) is 59.4 Å². The van der Waals surface area contributed by atoms with Crippen molar-refractivity contribution in [3.63, 3.8) is 0 Å². The Morgan fingerprint density at radius 2 is 1.78 bits per heavy atom. The second-order valence-corrected chi connectivity index (χ2v) is 10.9. The Balaban J connectivity index is 1.30. The van der Waals surface area contributed by atoms with Crippen LogP contribution in [0.3, 0.4) is 0 Å².